The van der Waals surface area contributed by atoms with Crippen molar-refractivity contribution in [1.29, 1.82) is 0 Å². The van der Waals surface area contributed by atoms with Gasteiger partial charge in [0, 0.05) is 0 Å². The van der Waals surface area contributed by atoms with E-state index in [1.54, 1.807) is 0 Å². The average molecular weight is 325 g/mol. The maximum Gasteiger partial charge on any atom is 0.356 e. The lowest BCUT2D eigenvalue weighted by molar-refractivity contribution is 0.167. The van der Waals surface area contributed by atoms with Crippen LogP contribution in [0.2, 0.25) is 0 Å². The first-order valence-corrected chi connectivity index (χ1v) is 9.46. The van der Waals surface area contributed by atoms with E-state index in [-0.39, 0.29) is 0 Å². The van der Waals surface area contributed by atoms with E-state index in [2.05, 4.69) is 17.7 Å². The molecule has 0 saturated heterocycles. The summed E-state index contributed by atoms with van der Waals surface area (Å²) in [6.45, 7) is 8.05. The van der Waals surface area contributed by atoms with Crippen LogP contribution in [0.15, 0.2) is 47.2 Å². The van der Waals surface area contributed by atoms with Crippen molar-refractivity contribution in [3.8, 4) is 0 Å². The molecule has 0 N–H and O–H groups in total. The smallest absolute Gasteiger partial charge is 0.303 e. The molecule has 0 aliphatic carbocycles. The molecule has 0 fully saturated rings. The zero-order valence-corrected chi connectivity index (χ0v) is 14.8. The van der Waals surface area contributed by atoms with Crippen LogP contribution >= 0.6 is 7.74 Å². The van der Waals surface area contributed by atoms with Gasteiger partial charge in [-0.3, -0.25) is 4.52 Å². The number of hydrogen-bond acceptors (Lipinski definition) is 4. The second-order valence-corrected chi connectivity index (χ2v) is 6.64. The molecule has 124 valence electrons. The van der Waals surface area contributed by atoms with Gasteiger partial charge in [0.1, 0.15) is 0 Å². The van der Waals surface area contributed by atoms with Gasteiger partial charge in [-0.15, -0.1) is 0 Å². The van der Waals surface area contributed by atoms with Gasteiger partial charge in [-0.1, -0.05) is 55.8 Å². The number of benzene rings is 1. The molecule has 0 atom stereocenters. The fraction of sp³-hybridized carbons (Fsp3) is 0.529. The second-order valence-electron chi connectivity index (χ2n) is 4.65. The molecule has 0 saturated carbocycles. The predicted molar refractivity (Wildman–Crippen MR) is 92.7 cm³/mol. The van der Waals surface area contributed by atoms with Crippen LogP contribution in [0.4, 0.5) is 0 Å². The number of rotatable bonds is 11. The van der Waals surface area contributed by atoms with Crippen molar-refractivity contribution >= 4 is 7.74 Å². The van der Waals surface area contributed by atoms with Gasteiger partial charge < -0.3 is 9.05 Å². The predicted octanol–water partition coefficient (Wildman–Crippen LogP) is 5.58. The highest BCUT2D eigenvalue weighted by Gasteiger charge is 2.22. The first kappa shape index (κ1) is 19.1. The van der Waals surface area contributed by atoms with Gasteiger partial charge in [0.2, 0.25) is 0 Å². The molecule has 0 aromatic heterocycles. The van der Waals surface area contributed by atoms with Crippen molar-refractivity contribution in [3.05, 3.63) is 48.0 Å². The summed E-state index contributed by atoms with van der Waals surface area (Å²) in [6, 6.07) is 10.1. The Morgan fingerprint density at radius 3 is 2.23 bits per heavy atom. The van der Waals surface area contributed by atoms with Crippen LogP contribution in [0.5, 0.6) is 0 Å². The van der Waals surface area contributed by atoms with Crippen LogP contribution < -0.4 is 0 Å². The molecule has 0 bridgehead atoms. The van der Waals surface area contributed by atoms with Crippen LogP contribution in [0.1, 0.15) is 39.2 Å². The Morgan fingerprint density at radius 1 is 0.955 bits per heavy atom. The largest absolute Gasteiger partial charge is 0.356 e. The molecule has 1 aromatic rings. The molecule has 0 aliphatic heterocycles. The molecule has 0 unspecified atom stereocenters. The highest BCUT2D eigenvalue weighted by Crippen LogP contribution is 2.53. The highest BCUT2D eigenvalue weighted by atomic mass is 31.2. The monoisotopic (exact) mass is 325 g/mol. The minimum absolute atomic E-state index is 0.464. The summed E-state index contributed by atoms with van der Waals surface area (Å²) in [4.78, 5) is 0. The van der Waals surface area contributed by atoms with Gasteiger partial charge in [-0.2, -0.15) is 0 Å². The van der Waals surface area contributed by atoms with Crippen LogP contribution in [0.3, 0.4) is 0 Å². The zero-order valence-electron chi connectivity index (χ0n) is 13.9. The Hall–Kier alpha value is -0.930. The van der Waals surface area contributed by atoms with E-state index in [0.717, 1.165) is 18.4 Å². The van der Waals surface area contributed by atoms with Gasteiger partial charge in [0.05, 0.1) is 26.4 Å². The quantitative estimate of drug-likeness (QED) is 0.394. The summed E-state index contributed by atoms with van der Waals surface area (Å²) >= 11 is 0. The van der Waals surface area contributed by atoms with E-state index in [9.17, 15) is 0 Å². The normalized spacial score (nSPS) is 12.0. The van der Waals surface area contributed by atoms with E-state index < -0.39 is 7.74 Å². The lowest BCUT2D eigenvalue weighted by Crippen LogP contribution is -2.01. The molecule has 0 aliphatic rings. The fourth-order valence-corrected chi connectivity index (χ4v) is 3.53. The third-order valence-corrected chi connectivity index (χ3v) is 4.94. The number of unbranched alkanes of at least 4 members (excludes halogenated alkanes) is 1. The number of allylic oxidation sites excluding steroid dienone is 1. The van der Waals surface area contributed by atoms with Crippen molar-refractivity contribution in [2.75, 3.05) is 19.8 Å². The maximum absolute atomic E-state index is 5.89. The first-order chi connectivity index (χ1) is 10.8. The molecular weight excluding hydrogens is 297 g/mol. The Labute approximate surface area is 134 Å². The van der Waals surface area contributed by atoms with Crippen molar-refractivity contribution < 1.29 is 13.6 Å². The molecule has 4 nitrogen and oxygen atoms in total. The second kappa shape index (κ2) is 11.6. The SMILES string of the molecule is CCC/C=C/COP(=NCc1ccccc1)(OCC)OCC. The van der Waals surface area contributed by atoms with Gasteiger partial charge in [0.15, 0.2) is 0 Å². The van der Waals surface area contributed by atoms with E-state index in [4.69, 9.17) is 13.6 Å². The molecule has 1 aromatic carbocycles. The van der Waals surface area contributed by atoms with E-state index in [1.807, 2.05) is 50.3 Å². The van der Waals surface area contributed by atoms with Gasteiger partial charge >= 0.3 is 7.74 Å². The topological polar surface area (TPSA) is 40.0 Å². The van der Waals surface area contributed by atoms with Gasteiger partial charge in [-0.05, 0) is 25.8 Å². The summed E-state index contributed by atoms with van der Waals surface area (Å²) in [5.41, 5.74) is 1.12. The van der Waals surface area contributed by atoms with Crippen molar-refractivity contribution in [2.24, 2.45) is 4.74 Å². The lowest BCUT2D eigenvalue weighted by Gasteiger charge is -2.22. The van der Waals surface area contributed by atoms with Crippen LogP contribution in [0, 0.1) is 0 Å². The van der Waals surface area contributed by atoms with Crippen molar-refractivity contribution in [1.82, 2.24) is 0 Å². The summed E-state index contributed by atoms with van der Waals surface area (Å²) in [5, 5.41) is 0. The van der Waals surface area contributed by atoms with Gasteiger partial charge in [-0.25, -0.2) is 4.74 Å². The van der Waals surface area contributed by atoms with Crippen LogP contribution in [-0.4, -0.2) is 19.8 Å². The average Bonchev–Trinajstić information content (AvgIpc) is 2.54. The Morgan fingerprint density at radius 2 is 1.64 bits per heavy atom. The van der Waals surface area contributed by atoms with Crippen molar-refractivity contribution in [3.63, 3.8) is 0 Å². The van der Waals surface area contributed by atoms with Gasteiger partial charge in [0.25, 0.3) is 0 Å². The standard InChI is InChI=1S/C17H28NO3P/c1-4-7-8-12-15-21-22(19-5-2,20-6-3)18-16-17-13-10-9-11-14-17/h8-14H,4-7,15-16H2,1-3H3/b12-8+. The third-order valence-electron chi connectivity index (χ3n) is 2.81. The Balaban J connectivity index is 2.79. The summed E-state index contributed by atoms with van der Waals surface area (Å²) in [7, 11) is -2.64. The fourth-order valence-electron chi connectivity index (χ4n) is 1.80. The minimum Gasteiger partial charge on any atom is -0.303 e. The third kappa shape index (κ3) is 7.37. The number of hydrogen-bond donors (Lipinski definition) is 0. The molecule has 0 amide bonds. The Kier molecular flexibility index (Phi) is 10.1. The number of nitrogens with zero attached hydrogens (tertiary/aromatic N) is 1. The van der Waals surface area contributed by atoms with Crippen molar-refractivity contribution in [2.45, 2.75) is 40.2 Å². The molecule has 0 spiro atoms. The molecule has 22 heavy (non-hydrogen) atoms. The molecular formula is C17H28NO3P. The zero-order chi connectivity index (χ0) is 16.1. The van der Waals surface area contributed by atoms with Crippen LogP contribution in [-0.2, 0) is 20.1 Å². The molecule has 0 heterocycles. The molecule has 1 rings (SSSR count). The van der Waals surface area contributed by atoms with Crippen LogP contribution in [0.25, 0.3) is 0 Å². The molecule has 5 heteroatoms. The Bertz CT molecular complexity index is 464. The summed E-state index contributed by atoms with van der Waals surface area (Å²) in [6.07, 6.45) is 6.31. The molecule has 0 radical (unpaired) electrons. The highest BCUT2D eigenvalue weighted by molar-refractivity contribution is 7.51. The first-order valence-electron chi connectivity index (χ1n) is 7.97. The summed E-state index contributed by atoms with van der Waals surface area (Å²) in [5.74, 6) is 0. The van der Waals surface area contributed by atoms with E-state index in [1.165, 1.54) is 0 Å². The lowest BCUT2D eigenvalue weighted by atomic mass is 10.2. The summed E-state index contributed by atoms with van der Waals surface area (Å²) < 4.78 is 22.1. The van der Waals surface area contributed by atoms with E-state index >= 15 is 0 Å². The van der Waals surface area contributed by atoms with E-state index in [0.29, 0.717) is 26.4 Å². The maximum atomic E-state index is 5.89. The minimum atomic E-state index is -2.64.